The minimum Gasteiger partial charge on any atom is -0.490 e. The maximum atomic E-state index is 12.7. The quantitative estimate of drug-likeness (QED) is 0.251. The molecular weight excluding hydrogens is 508 g/mol. The lowest BCUT2D eigenvalue weighted by Crippen LogP contribution is -2.31. The van der Waals surface area contributed by atoms with Crippen molar-refractivity contribution in [2.45, 2.75) is 45.1 Å². The monoisotopic (exact) mass is 536 g/mol. The van der Waals surface area contributed by atoms with Gasteiger partial charge in [-0.2, -0.15) is 10.2 Å². The minimum atomic E-state index is -0.325. The second-order valence-electron chi connectivity index (χ2n) is 10.1. The predicted molar refractivity (Wildman–Crippen MR) is 145 cm³/mol. The first kappa shape index (κ1) is 25.6. The molecule has 2 aliphatic rings. The molecule has 0 unspecified atom stereocenters. The van der Waals surface area contributed by atoms with E-state index in [9.17, 15) is 10.1 Å². The Morgan fingerprint density at radius 2 is 1.98 bits per heavy atom. The van der Waals surface area contributed by atoms with Crippen LogP contribution in [0.3, 0.4) is 0 Å². The number of carbonyl (C=O) groups excluding carboxylic acids is 1. The van der Waals surface area contributed by atoms with Crippen LogP contribution < -0.4 is 4.74 Å². The number of rotatable bonds is 9. The van der Waals surface area contributed by atoms with Gasteiger partial charge in [0.2, 0.25) is 5.82 Å². The van der Waals surface area contributed by atoms with Crippen LogP contribution in [0.5, 0.6) is 5.75 Å². The molecule has 4 aromatic rings. The Balaban J connectivity index is 1.20. The standard InChI is InChI=1S/C31H28N4O5/c1-19(2)38-26-12-11-21(15-22(26)17-32)30-33-29(34-40-30)24-10-6-9-23-25(24)16-27-28(23)35(31(36)39-27)13-14-37-18-20-7-4-3-5-8-20/h3-12,15,19,27-28H,13-14,16,18H2,1-2H3/t27-,28+/m1/s1. The summed E-state index contributed by atoms with van der Waals surface area (Å²) in [6, 6.07) is 23.1. The predicted octanol–water partition coefficient (Wildman–Crippen LogP) is 5.70. The van der Waals surface area contributed by atoms with Gasteiger partial charge in [-0.3, -0.25) is 4.90 Å². The third-order valence-corrected chi connectivity index (χ3v) is 7.08. The fraction of sp³-hybridized carbons (Fsp3) is 0.290. The Morgan fingerprint density at radius 3 is 2.77 bits per heavy atom. The Kier molecular flexibility index (Phi) is 6.93. The van der Waals surface area contributed by atoms with Crippen LogP contribution in [0.1, 0.15) is 42.1 Å². The van der Waals surface area contributed by atoms with E-state index in [-0.39, 0.29) is 24.3 Å². The highest BCUT2D eigenvalue weighted by Gasteiger charge is 2.48. The van der Waals surface area contributed by atoms with Gasteiger partial charge in [-0.25, -0.2) is 4.79 Å². The smallest absolute Gasteiger partial charge is 0.410 e. The van der Waals surface area contributed by atoms with Crippen molar-refractivity contribution < 1.29 is 23.5 Å². The lowest BCUT2D eigenvalue weighted by molar-refractivity contribution is 0.0933. The van der Waals surface area contributed by atoms with Crippen molar-refractivity contribution in [2.24, 2.45) is 0 Å². The van der Waals surface area contributed by atoms with Gasteiger partial charge < -0.3 is 18.7 Å². The maximum Gasteiger partial charge on any atom is 0.410 e. The van der Waals surface area contributed by atoms with Crippen molar-refractivity contribution in [2.75, 3.05) is 13.2 Å². The van der Waals surface area contributed by atoms with Crippen molar-refractivity contribution in [3.05, 3.63) is 89.0 Å². The minimum absolute atomic E-state index is 0.0513. The van der Waals surface area contributed by atoms with Gasteiger partial charge in [-0.05, 0) is 48.7 Å². The summed E-state index contributed by atoms with van der Waals surface area (Å²) >= 11 is 0. The maximum absolute atomic E-state index is 12.7. The van der Waals surface area contributed by atoms with Gasteiger partial charge >= 0.3 is 6.09 Å². The average molecular weight is 537 g/mol. The van der Waals surface area contributed by atoms with Gasteiger partial charge in [0.15, 0.2) is 0 Å². The molecule has 9 heteroatoms. The van der Waals surface area contributed by atoms with Crippen LogP contribution >= 0.6 is 0 Å². The molecule has 0 radical (unpaired) electrons. The Morgan fingerprint density at radius 1 is 1.12 bits per heavy atom. The van der Waals surface area contributed by atoms with Gasteiger partial charge in [0.05, 0.1) is 30.9 Å². The second kappa shape index (κ2) is 10.8. The Hall–Kier alpha value is -4.68. The largest absolute Gasteiger partial charge is 0.490 e. The number of hydrogen-bond donors (Lipinski definition) is 0. The first-order valence-corrected chi connectivity index (χ1v) is 13.3. The van der Waals surface area contributed by atoms with Gasteiger partial charge in [-0.15, -0.1) is 0 Å². The van der Waals surface area contributed by atoms with Crippen molar-refractivity contribution in [1.29, 1.82) is 5.26 Å². The molecule has 3 aromatic carbocycles. The van der Waals surface area contributed by atoms with Gasteiger partial charge in [0, 0.05) is 24.1 Å². The summed E-state index contributed by atoms with van der Waals surface area (Å²) in [5.41, 5.74) is 5.00. The van der Waals surface area contributed by atoms with Crippen molar-refractivity contribution in [1.82, 2.24) is 15.0 Å². The molecule has 1 aliphatic carbocycles. The number of fused-ring (bicyclic) bond motifs is 3. The highest BCUT2D eigenvalue weighted by molar-refractivity contribution is 5.74. The lowest BCUT2D eigenvalue weighted by atomic mass is 10.0. The van der Waals surface area contributed by atoms with E-state index < -0.39 is 0 Å². The number of nitriles is 1. The molecule has 2 heterocycles. The molecular formula is C31H28N4O5. The molecule has 1 saturated heterocycles. The van der Waals surface area contributed by atoms with Crippen molar-refractivity contribution in [3.63, 3.8) is 0 Å². The van der Waals surface area contributed by atoms with Crippen LogP contribution in [0.2, 0.25) is 0 Å². The van der Waals surface area contributed by atoms with Crippen molar-refractivity contribution in [3.8, 4) is 34.7 Å². The summed E-state index contributed by atoms with van der Waals surface area (Å²) in [6.07, 6.45) is -0.0950. The molecule has 0 spiro atoms. The average Bonchev–Trinajstić information content (AvgIpc) is 3.66. The van der Waals surface area contributed by atoms with E-state index in [1.165, 1.54) is 0 Å². The van der Waals surface area contributed by atoms with Crippen LogP contribution in [-0.4, -0.2) is 46.5 Å². The highest BCUT2D eigenvalue weighted by atomic mass is 16.6. The van der Waals surface area contributed by atoms with Crippen LogP contribution in [0.25, 0.3) is 22.8 Å². The molecule has 2 atom stereocenters. The number of ether oxygens (including phenoxy) is 3. The van der Waals surface area contributed by atoms with Crippen LogP contribution in [0.4, 0.5) is 4.79 Å². The number of hydrogen-bond acceptors (Lipinski definition) is 8. The number of amides is 1. The fourth-order valence-corrected chi connectivity index (χ4v) is 5.33. The molecule has 1 amide bonds. The molecule has 0 saturated carbocycles. The van der Waals surface area contributed by atoms with Crippen LogP contribution in [-0.2, 0) is 22.5 Å². The zero-order chi connectivity index (χ0) is 27.6. The van der Waals surface area contributed by atoms with E-state index in [4.69, 9.17) is 18.7 Å². The zero-order valence-electron chi connectivity index (χ0n) is 22.2. The molecule has 6 rings (SSSR count). The second-order valence-corrected chi connectivity index (χ2v) is 10.1. The molecule has 1 aliphatic heterocycles. The van der Waals surface area contributed by atoms with E-state index in [0.29, 0.717) is 54.8 Å². The molecule has 202 valence electrons. The first-order chi connectivity index (χ1) is 19.5. The van der Waals surface area contributed by atoms with E-state index in [0.717, 1.165) is 22.3 Å². The molecule has 9 nitrogen and oxygen atoms in total. The van der Waals surface area contributed by atoms with Crippen molar-refractivity contribution >= 4 is 6.09 Å². The topological polar surface area (TPSA) is 111 Å². The van der Waals surface area contributed by atoms with Crippen LogP contribution in [0.15, 0.2) is 71.3 Å². The summed E-state index contributed by atoms with van der Waals surface area (Å²) in [6.45, 7) is 5.14. The summed E-state index contributed by atoms with van der Waals surface area (Å²) < 4.78 is 22.9. The van der Waals surface area contributed by atoms with Gasteiger partial charge in [-0.1, -0.05) is 53.7 Å². The summed E-state index contributed by atoms with van der Waals surface area (Å²) in [5.74, 6) is 1.26. The number of aromatic nitrogens is 2. The lowest BCUT2D eigenvalue weighted by Gasteiger charge is -2.21. The normalized spacial score (nSPS) is 17.4. The molecule has 0 N–H and O–H groups in total. The molecule has 40 heavy (non-hydrogen) atoms. The SMILES string of the molecule is CC(C)Oc1ccc(-c2nc(-c3cccc4c3C[C@H]3OC(=O)N(CCOCc5ccccc5)[C@@H]43)no2)cc1C#N. The van der Waals surface area contributed by atoms with Gasteiger partial charge in [0.1, 0.15) is 17.9 Å². The van der Waals surface area contributed by atoms with E-state index in [2.05, 4.69) is 16.2 Å². The Bertz CT molecular complexity index is 1580. The van der Waals surface area contributed by atoms with E-state index in [1.807, 2.05) is 62.4 Å². The third-order valence-electron chi connectivity index (χ3n) is 7.08. The van der Waals surface area contributed by atoms with E-state index >= 15 is 0 Å². The van der Waals surface area contributed by atoms with E-state index in [1.54, 1.807) is 23.1 Å². The summed E-state index contributed by atoms with van der Waals surface area (Å²) in [7, 11) is 0. The van der Waals surface area contributed by atoms with Crippen LogP contribution in [0, 0.1) is 11.3 Å². The zero-order valence-corrected chi connectivity index (χ0v) is 22.2. The molecule has 0 bridgehead atoms. The molecule has 1 aromatic heterocycles. The summed E-state index contributed by atoms with van der Waals surface area (Å²) in [5, 5.41) is 13.8. The first-order valence-electron chi connectivity index (χ1n) is 13.3. The number of carbonyl (C=O) groups is 1. The third kappa shape index (κ3) is 4.90. The number of benzene rings is 3. The Labute approximate surface area is 231 Å². The van der Waals surface area contributed by atoms with Gasteiger partial charge in [0.25, 0.3) is 5.89 Å². The number of nitrogens with zero attached hydrogens (tertiary/aromatic N) is 4. The molecule has 1 fully saturated rings. The summed E-state index contributed by atoms with van der Waals surface area (Å²) in [4.78, 5) is 19.1. The fourth-order valence-electron chi connectivity index (χ4n) is 5.33. The highest BCUT2D eigenvalue weighted by Crippen LogP contribution is 2.45.